The average molecular weight is 394 g/mol. The quantitative estimate of drug-likeness (QED) is 0.663. The maximum Gasteiger partial charge on any atom is 0.247 e. The molecule has 0 radical (unpaired) electrons. The normalized spacial score (nSPS) is 14.3. The molecule has 4 rings (SSSR count). The number of aromatic nitrogens is 2. The van der Waals surface area contributed by atoms with Crippen molar-refractivity contribution in [2.75, 3.05) is 31.1 Å². The van der Waals surface area contributed by atoms with Gasteiger partial charge in [-0.15, -0.1) is 10.2 Å². The van der Waals surface area contributed by atoms with Crippen LogP contribution in [0.5, 0.6) is 0 Å². The molecule has 7 heteroatoms. The maximum atomic E-state index is 13.1. The van der Waals surface area contributed by atoms with Crippen molar-refractivity contribution in [2.24, 2.45) is 0 Å². The number of hydrogen-bond donors (Lipinski definition) is 0. The van der Waals surface area contributed by atoms with Crippen molar-refractivity contribution >= 4 is 11.6 Å². The van der Waals surface area contributed by atoms with Crippen LogP contribution in [0.2, 0.25) is 0 Å². The maximum absolute atomic E-state index is 13.1. The lowest BCUT2D eigenvalue weighted by Crippen LogP contribution is -2.48. The first-order valence-electron chi connectivity index (χ1n) is 9.76. The highest BCUT2D eigenvalue weighted by Gasteiger charge is 2.22. The monoisotopic (exact) mass is 394 g/mol. The van der Waals surface area contributed by atoms with Gasteiger partial charge in [0.15, 0.2) is 0 Å². The third kappa shape index (κ3) is 4.62. The Balaban J connectivity index is 1.28. The molecule has 1 fully saturated rings. The third-order valence-corrected chi connectivity index (χ3v) is 5.11. The van der Waals surface area contributed by atoms with Crippen LogP contribution in [0.25, 0.3) is 11.5 Å². The summed E-state index contributed by atoms with van der Waals surface area (Å²) >= 11 is 0. The lowest BCUT2D eigenvalue weighted by molar-refractivity contribution is -0.131. The number of amides is 1. The second-order valence-electron chi connectivity index (χ2n) is 7.21. The predicted octanol–water partition coefficient (Wildman–Crippen LogP) is 3.47. The molecular formula is C22H23FN4O2. The number of carbonyl (C=O) groups is 1. The largest absolute Gasteiger partial charge is 0.421 e. The summed E-state index contributed by atoms with van der Waals surface area (Å²) in [5.41, 5.74) is 2.98. The zero-order valence-corrected chi connectivity index (χ0v) is 16.3. The first kappa shape index (κ1) is 19.1. The van der Waals surface area contributed by atoms with Gasteiger partial charge in [-0.3, -0.25) is 4.79 Å². The van der Waals surface area contributed by atoms with Crippen LogP contribution in [0.15, 0.2) is 52.9 Å². The van der Waals surface area contributed by atoms with Crippen LogP contribution in [0.1, 0.15) is 17.9 Å². The molecule has 1 saturated heterocycles. The molecule has 0 bridgehead atoms. The molecule has 0 atom stereocenters. The smallest absolute Gasteiger partial charge is 0.247 e. The fraction of sp³-hybridized carbons (Fsp3) is 0.318. The molecule has 1 amide bonds. The van der Waals surface area contributed by atoms with Crippen LogP contribution in [0.3, 0.4) is 0 Å². The van der Waals surface area contributed by atoms with Crippen molar-refractivity contribution in [3.05, 3.63) is 65.8 Å². The Labute approximate surface area is 169 Å². The van der Waals surface area contributed by atoms with Gasteiger partial charge in [0, 0.05) is 50.3 Å². The first-order chi connectivity index (χ1) is 14.1. The van der Waals surface area contributed by atoms with Crippen LogP contribution < -0.4 is 4.90 Å². The first-order valence-corrected chi connectivity index (χ1v) is 9.76. The van der Waals surface area contributed by atoms with Crippen LogP contribution in [0.4, 0.5) is 10.1 Å². The number of aryl methyl sites for hydroxylation is 2. The lowest BCUT2D eigenvalue weighted by Gasteiger charge is -2.36. The molecule has 1 aromatic heterocycles. The van der Waals surface area contributed by atoms with Crippen molar-refractivity contribution in [1.82, 2.24) is 15.1 Å². The zero-order valence-electron chi connectivity index (χ0n) is 16.3. The van der Waals surface area contributed by atoms with E-state index in [1.54, 1.807) is 12.1 Å². The lowest BCUT2D eigenvalue weighted by atomic mass is 10.1. The Kier molecular flexibility index (Phi) is 5.55. The van der Waals surface area contributed by atoms with Gasteiger partial charge in [0.05, 0.1) is 0 Å². The van der Waals surface area contributed by atoms with Crippen molar-refractivity contribution in [3.8, 4) is 11.5 Å². The van der Waals surface area contributed by atoms with Gasteiger partial charge < -0.3 is 14.2 Å². The second kappa shape index (κ2) is 8.43. The van der Waals surface area contributed by atoms with E-state index in [1.165, 1.54) is 12.1 Å². The Morgan fingerprint density at radius 1 is 1.07 bits per heavy atom. The minimum Gasteiger partial charge on any atom is -0.421 e. The highest BCUT2D eigenvalue weighted by Crippen LogP contribution is 2.20. The van der Waals surface area contributed by atoms with Crippen LogP contribution >= 0.6 is 0 Å². The number of piperazine rings is 1. The molecule has 0 N–H and O–H groups in total. The molecule has 150 valence electrons. The minimum atomic E-state index is -0.242. The molecular weight excluding hydrogens is 371 g/mol. The van der Waals surface area contributed by atoms with Gasteiger partial charge in [-0.25, -0.2) is 4.39 Å². The van der Waals surface area contributed by atoms with Crippen molar-refractivity contribution in [2.45, 2.75) is 19.8 Å². The van der Waals surface area contributed by atoms with Crippen molar-refractivity contribution in [1.29, 1.82) is 0 Å². The van der Waals surface area contributed by atoms with E-state index in [0.717, 1.165) is 29.9 Å². The highest BCUT2D eigenvalue weighted by atomic mass is 19.1. The third-order valence-electron chi connectivity index (χ3n) is 5.11. The average Bonchev–Trinajstić information content (AvgIpc) is 3.22. The van der Waals surface area contributed by atoms with Crippen LogP contribution in [-0.4, -0.2) is 47.2 Å². The van der Waals surface area contributed by atoms with Crippen molar-refractivity contribution in [3.63, 3.8) is 0 Å². The summed E-state index contributed by atoms with van der Waals surface area (Å²) in [6.45, 7) is 4.77. The van der Waals surface area contributed by atoms with E-state index in [-0.39, 0.29) is 11.7 Å². The Morgan fingerprint density at radius 3 is 2.55 bits per heavy atom. The van der Waals surface area contributed by atoms with Gasteiger partial charge in [-0.05, 0) is 43.3 Å². The van der Waals surface area contributed by atoms with E-state index >= 15 is 0 Å². The molecule has 0 saturated carbocycles. The van der Waals surface area contributed by atoms with E-state index in [0.29, 0.717) is 37.7 Å². The predicted molar refractivity (Wildman–Crippen MR) is 108 cm³/mol. The molecule has 2 heterocycles. The number of anilines is 1. The topological polar surface area (TPSA) is 62.5 Å². The van der Waals surface area contributed by atoms with Gasteiger partial charge in [0.2, 0.25) is 17.7 Å². The second-order valence-corrected chi connectivity index (χ2v) is 7.21. The summed E-state index contributed by atoms with van der Waals surface area (Å²) in [5, 5.41) is 8.16. The molecule has 2 aromatic carbocycles. The zero-order chi connectivity index (χ0) is 20.2. The molecule has 6 nitrogen and oxygen atoms in total. The van der Waals surface area contributed by atoms with E-state index < -0.39 is 0 Å². The Bertz CT molecular complexity index is 978. The molecule has 3 aromatic rings. The molecule has 0 spiro atoms. The fourth-order valence-corrected chi connectivity index (χ4v) is 3.49. The van der Waals surface area contributed by atoms with E-state index in [9.17, 15) is 9.18 Å². The summed E-state index contributed by atoms with van der Waals surface area (Å²) < 4.78 is 18.8. The number of rotatable bonds is 5. The summed E-state index contributed by atoms with van der Waals surface area (Å²) in [5.74, 6) is 0.789. The summed E-state index contributed by atoms with van der Waals surface area (Å²) in [6.07, 6.45) is 0.766. The standard InChI is InChI=1S/C22H23FN4O2/c1-16-3-2-4-17(15-16)22-25-24-20(29-22)9-10-21(28)27-13-11-26(12-14-27)19-7-5-18(23)6-8-19/h2-8,15H,9-14H2,1H3. The summed E-state index contributed by atoms with van der Waals surface area (Å²) in [6, 6.07) is 14.3. The van der Waals surface area contributed by atoms with Gasteiger partial charge in [-0.2, -0.15) is 0 Å². The fourth-order valence-electron chi connectivity index (χ4n) is 3.49. The van der Waals surface area contributed by atoms with Crippen LogP contribution in [0, 0.1) is 12.7 Å². The van der Waals surface area contributed by atoms with Crippen LogP contribution in [-0.2, 0) is 11.2 Å². The number of halogens is 1. The highest BCUT2D eigenvalue weighted by molar-refractivity contribution is 5.76. The van der Waals surface area contributed by atoms with Gasteiger partial charge in [0.25, 0.3) is 0 Å². The molecule has 0 unspecified atom stereocenters. The minimum absolute atomic E-state index is 0.0825. The van der Waals surface area contributed by atoms with Gasteiger partial charge in [-0.1, -0.05) is 17.7 Å². The number of benzene rings is 2. The molecule has 29 heavy (non-hydrogen) atoms. The number of carbonyl (C=O) groups excluding carboxylic acids is 1. The Morgan fingerprint density at radius 2 is 1.83 bits per heavy atom. The molecule has 1 aliphatic rings. The molecule has 1 aliphatic heterocycles. The summed E-state index contributed by atoms with van der Waals surface area (Å²) in [7, 11) is 0. The van der Waals surface area contributed by atoms with Crippen molar-refractivity contribution < 1.29 is 13.6 Å². The van der Waals surface area contributed by atoms with E-state index in [4.69, 9.17) is 4.42 Å². The molecule has 0 aliphatic carbocycles. The number of nitrogens with zero attached hydrogens (tertiary/aromatic N) is 4. The van der Waals surface area contributed by atoms with E-state index in [2.05, 4.69) is 15.1 Å². The SMILES string of the molecule is Cc1cccc(-c2nnc(CCC(=O)N3CCN(c4ccc(F)cc4)CC3)o2)c1. The van der Waals surface area contributed by atoms with Gasteiger partial charge in [0.1, 0.15) is 5.82 Å². The van der Waals surface area contributed by atoms with Gasteiger partial charge >= 0.3 is 0 Å². The summed E-state index contributed by atoms with van der Waals surface area (Å²) in [4.78, 5) is 16.6. The van der Waals surface area contributed by atoms with E-state index in [1.807, 2.05) is 36.1 Å². The Hall–Kier alpha value is -3.22. The number of hydrogen-bond acceptors (Lipinski definition) is 5.